The molecule has 0 amide bonds. The quantitative estimate of drug-likeness (QED) is 0.763. The lowest BCUT2D eigenvalue weighted by Gasteiger charge is -2.21. The van der Waals surface area contributed by atoms with Gasteiger partial charge in [0, 0.05) is 26.2 Å². The second-order valence-corrected chi connectivity index (χ2v) is 4.41. The molecule has 1 aliphatic rings. The largest absolute Gasteiger partial charge is 0.465 e. The number of ether oxygens (including phenoxy) is 1. The van der Waals surface area contributed by atoms with Gasteiger partial charge in [0.05, 0.1) is 12.7 Å². The fourth-order valence-electron chi connectivity index (χ4n) is 1.58. The molecule has 1 aliphatic heterocycles. The summed E-state index contributed by atoms with van der Waals surface area (Å²) in [6.45, 7) is 6.72. The number of hydrogen-bond acceptors (Lipinski definition) is 4. The number of carbonyl (C=O) groups is 1. The van der Waals surface area contributed by atoms with E-state index < -0.39 is 0 Å². The van der Waals surface area contributed by atoms with Gasteiger partial charge in [-0.1, -0.05) is 17.7 Å². The van der Waals surface area contributed by atoms with E-state index in [1.165, 1.54) is 20.2 Å². The third-order valence-corrected chi connectivity index (χ3v) is 2.81. The molecule has 0 bridgehead atoms. The first-order valence-corrected chi connectivity index (χ1v) is 6.17. The van der Waals surface area contributed by atoms with Crippen molar-refractivity contribution < 1.29 is 9.53 Å². The van der Waals surface area contributed by atoms with E-state index in [1.807, 2.05) is 19.1 Å². The van der Waals surface area contributed by atoms with Crippen LogP contribution >= 0.6 is 0 Å². The van der Waals surface area contributed by atoms with Gasteiger partial charge in [0.1, 0.15) is 0 Å². The smallest absolute Gasteiger partial charge is 0.337 e. The molecule has 4 heteroatoms. The summed E-state index contributed by atoms with van der Waals surface area (Å²) in [5.74, 6) is -0.287. The van der Waals surface area contributed by atoms with Gasteiger partial charge < -0.3 is 15.0 Å². The zero-order valence-electron chi connectivity index (χ0n) is 11.4. The molecule has 1 aromatic rings. The molecule has 1 aromatic carbocycles. The molecule has 0 atom stereocenters. The van der Waals surface area contributed by atoms with Crippen molar-refractivity contribution in [2.24, 2.45) is 0 Å². The maximum Gasteiger partial charge on any atom is 0.337 e. The molecule has 1 N–H and O–H groups in total. The average molecular weight is 250 g/mol. The maximum absolute atomic E-state index is 10.9. The number of hydrogen-bond donors (Lipinski definition) is 1. The molecule has 2 rings (SSSR count). The first-order chi connectivity index (χ1) is 8.63. The summed E-state index contributed by atoms with van der Waals surface area (Å²) >= 11 is 0. The zero-order chi connectivity index (χ0) is 13.4. The van der Waals surface area contributed by atoms with Gasteiger partial charge >= 0.3 is 5.97 Å². The highest BCUT2D eigenvalue weighted by atomic mass is 16.5. The highest BCUT2D eigenvalue weighted by Gasteiger charge is 2.02. The lowest BCUT2D eigenvalue weighted by molar-refractivity contribution is 0.0601. The van der Waals surface area contributed by atoms with Crippen LogP contribution in [0.4, 0.5) is 0 Å². The number of piperazine rings is 1. The summed E-state index contributed by atoms with van der Waals surface area (Å²) in [6.07, 6.45) is 0. The van der Waals surface area contributed by atoms with E-state index >= 15 is 0 Å². The molecule has 1 saturated heterocycles. The van der Waals surface area contributed by atoms with E-state index in [0.717, 1.165) is 18.7 Å². The molecule has 18 heavy (non-hydrogen) atoms. The van der Waals surface area contributed by atoms with Crippen LogP contribution in [0, 0.1) is 6.92 Å². The maximum atomic E-state index is 10.9. The minimum atomic E-state index is -0.287. The zero-order valence-corrected chi connectivity index (χ0v) is 11.4. The van der Waals surface area contributed by atoms with Crippen molar-refractivity contribution in [2.75, 3.05) is 40.3 Å². The number of esters is 1. The van der Waals surface area contributed by atoms with Crippen molar-refractivity contribution in [2.45, 2.75) is 6.92 Å². The molecule has 0 radical (unpaired) electrons. The molecular formula is C14H22N2O2. The van der Waals surface area contributed by atoms with Gasteiger partial charge in [-0.2, -0.15) is 0 Å². The molecule has 1 heterocycles. The minimum absolute atomic E-state index is 0.287. The molecule has 4 nitrogen and oxygen atoms in total. The minimum Gasteiger partial charge on any atom is -0.465 e. The van der Waals surface area contributed by atoms with Crippen LogP contribution in [-0.4, -0.2) is 51.2 Å². The molecule has 100 valence electrons. The summed E-state index contributed by atoms with van der Waals surface area (Å²) < 4.78 is 4.54. The van der Waals surface area contributed by atoms with E-state index in [4.69, 9.17) is 0 Å². The van der Waals surface area contributed by atoms with E-state index in [2.05, 4.69) is 22.0 Å². The Bertz CT molecular complexity index is 357. The second-order valence-electron chi connectivity index (χ2n) is 4.41. The summed E-state index contributed by atoms with van der Waals surface area (Å²) in [5, 5.41) is 3.27. The van der Waals surface area contributed by atoms with E-state index in [9.17, 15) is 4.79 Å². The Labute approximate surface area is 109 Å². The first kappa shape index (κ1) is 14.7. The topological polar surface area (TPSA) is 41.6 Å². The number of nitrogens with zero attached hydrogens (tertiary/aromatic N) is 1. The summed E-state index contributed by atoms with van der Waals surface area (Å²) in [6, 6.07) is 7.26. The Morgan fingerprint density at radius 3 is 2.17 bits per heavy atom. The fourth-order valence-corrected chi connectivity index (χ4v) is 1.58. The number of methoxy groups -OCH3 is 1. The number of benzene rings is 1. The standard InChI is InChI=1S/C9H10O2.C5H12N2/c1-7-3-5-8(6-4-7)9(10)11-2;1-7-4-2-6-3-5-7/h3-6H,1-2H3;6H,2-5H2,1H3. The Morgan fingerprint density at radius 1 is 1.22 bits per heavy atom. The van der Waals surface area contributed by atoms with Gasteiger partial charge in [0.2, 0.25) is 0 Å². The Kier molecular flexibility index (Phi) is 6.39. The van der Waals surface area contributed by atoms with Crippen molar-refractivity contribution in [1.82, 2.24) is 10.2 Å². The lowest BCUT2D eigenvalue weighted by atomic mass is 10.2. The third-order valence-electron chi connectivity index (χ3n) is 2.81. The summed E-state index contributed by atoms with van der Waals surface area (Å²) in [7, 11) is 3.53. The Hall–Kier alpha value is -1.39. The van der Waals surface area contributed by atoms with Gasteiger partial charge in [-0.25, -0.2) is 4.79 Å². The Balaban J connectivity index is 0.000000199. The van der Waals surface area contributed by atoms with Crippen LogP contribution in [-0.2, 0) is 4.74 Å². The van der Waals surface area contributed by atoms with Crippen LogP contribution in [0.1, 0.15) is 15.9 Å². The molecule has 1 fully saturated rings. The normalized spacial score (nSPS) is 15.5. The summed E-state index contributed by atoms with van der Waals surface area (Å²) in [5.41, 5.74) is 1.73. The molecule has 0 saturated carbocycles. The van der Waals surface area contributed by atoms with E-state index in [-0.39, 0.29) is 5.97 Å². The van der Waals surface area contributed by atoms with Crippen molar-refractivity contribution in [3.63, 3.8) is 0 Å². The highest BCUT2D eigenvalue weighted by Crippen LogP contribution is 2.03. The van der Waals surface area contributed by atoms with Gasteiger partial charge in [-0.3, -0.25) is 0 Å². The molecule has 0 unspecified atom stereocenters. The number of nitrogens with one attached hydrogen (secondary N) is 1. The van der Waals surface area contributed by atoms with Gasteiger partial charge in [0.15, 0.2) is 0 Å². The third kappa shape index (κ3) is 5.29. The van der Waals surface area contributed by atoms with E-state index in [1.54, 1.807) is 12.1 Å². The number of likely N-dealkylation sites (N-methyl/N-ethyl adjacent to an activating group) is 1. The van der Waals surface area contributed by atoms with Gasteiger partial charge in [0.25, 0.3) is 0 Å². The van der Waals surface area contributed by atoms with Crippen molar-refractivity contribution in [3.05, 3.63) is 35.4 Å². The van der Waals surface area contributed by atoms with Crippen LogP contribution in [0.3, 0.4) is 0 Å². The lowest BCUT2D eigenvalue weighted by Crippen LogP contribution is -2.40. The number of rotatable bonds is 1. The fraction of sp³-hybridized carbons (Fsp3) is 0.500. The molecule has 0 aliphatic carbocycles. The van der Waals surface area contributed by atoms with Crippen LogP contribution in [0.5, 0.6) is 0 Å². The Morgan fingerprint density at radius 2 is 1.78 bits per heavy atom. The van der Waals surface area contributed by atoms with Crippen LogP contribution in [0.15, 0.2) is 24.3 Å². The van der Waals surface area contributed by atoms with Gasteiger partial charge in [-0.05, 0) is 26.1 Å². The van der Waals surface area contributed by atoms with E-state index in [0.29, 0.717) is 5.56 Å². The van der Waals surface area contributed by atoms with Crippen molar-refractivity contribution >= 4 is 5.97 Å². The first-order valence-electron chi connectivity index (χ1n) is 6.17. The van der Waals surface area contributed by atoms with Crippen LogP contribution in [0.2, 0.25) is 0 Å². The predicted molar refractivity (Wildman–Crippen MR) is 72.9 cm³/mol. The van der Waals surface area contributed by atoms with Gasteiger partial charge in [-0.15, -0.1) is 0 Å². The van der Waals surface area contributed by atoms with Crippen molar-refractivity contribution in [3.8, 4) is 0 Å². The average Bonchev–Trinajstić information content (AvgIpc) is 2.40. The van der Waals surface area contributed by atoms with Crippen molar-refractivity contribution in [1.29, 1.82) is 0 Å². The highest BCUT2D eigenvalue weighted by molar-refractivity contribution is 5.89. The molecule has 0 aromatic heterocycles. The monoisotopic (exact) mass is 250 g/mol. The SMILES string of the molecule is CN1CCNCC1.COC(=O)c1ccc(C)cc1. The summed E-state index contributed by atoms with van der Waals surface area (Å²) in [4.78, 5) is 13.2. The second kappa shape index (κ2) is 7.84. The molecule has 0 spiro atoms. The van der Waals surface area contributed by atoms with Crippen LogP contribution in [0.25, 0.3) is 0 Å². The molecular weight excluding hydrogens is 228 g/mol. The number of carbonyl (C=O) groups excluding carboxylic acids is 1. The predicted octanol–water partition coefficient (Wildman–Crippen LogP) is 1.30. The number of aryl methyl sites for hydroxylation is 1. The van der Waals surface area contributed by atoms with Crippen LogP contribution < -0.4 is 5.32 Å².